The Kier molecular flexibility index (Phi) is 5.32. The van der Waals surface area contributed by atoms with Crippen molar-refractivity contribution in [1.29, 1.82) is 0 Å². The zero-order chi connectivity index (χ0) is 20.4. The molecule has 0 aliphatic carbocycles. The Morgan fingerprint density at radius 2 is 1.69 bits per heavy atom. The molecule has 146 valence electrons. The van der Waals surface area contributed by atoms with Crippen LogP contribution in [-0.2, 0) is 6.42 Å². The highest BCUT2D eigenvalue weighted by Crippen LogP contribution is 2.37. The number of hydrazone groups is 1. The fourth-order valence-corrected chi connectivity index (χ4v) is 3.65. The number of nitrogens with zero attached hydrogens (tertiary/aromatic N) is 3. The predicted octanol–water partition coefficient (Wildman–Crippen LogP) is 6.17. The fourth-order valence-electron chi connectivity index (χ4n) is 3.53. The number of benzene rings is 3. The zero-order valence-corrected chi connectivity index (χ0v) is 16.7. The second-order valence-electron chi connectivity index (χ2n) is 6.99. The lowest BCUT2D eigenvalue weighted by molar-refractivity contribution is -0.384. The van der Waals surface area contributed by atoms with E-state index >= 15 is 0 Å². The molecule has 1 aliphatic heterocycles. The van der Waals surface area contributed by atoms with Crippen LogP contribution < -0.4 is 5.01 Å². The summed E-state index contributed by atoms with van der Waals surface area (Å²) in [4.78, 5) is 10.6. The first kappa shape index (κ1) is 19.2. The molecular formula is C23H20ClN3O2. The van der Waals surface area contributed by atoms with Gasteiger partial charge < -0.3 is 0 Å². The normalized spacial score (nSPS) is 16.0. The summed E-state index contributed by atoms with van der Waals surface area (Å²) in [5.41, 5.74) is 5.34. The lowest BCUT2D eigenvalue weighted by Crippen LogP contribution is -2.18. The highest BCUT2D eigenvalue weighted by atomic mass is 35.5. The van der Waals surface area contributed by atoms with Crippen LogP contribution in [0.15, 0.2) is 77.9 Å². The molecule has 1 atom stereocenters. The standard InChI is InChI=1S/C23H20ClN3O2/c1-2-16-3-5-17(6-4-16)22-15-23(18-7-9-19(24)10-8-18)26(25-22)20-11-13-21(14-12-20)27(28)29/h3-14,23H,2,15H2,1H3/t23-/m1/s1. The molecule has 0 aromatic heterocycles. The van der Waals surface area contributed by atoms with Crippen LogP contribution in [0, 0.1) is 10.1 Å². The Labute approximate surface area is 174 Å². The molecule has 6 heteroatoms. The van der Waals surface area contributed by atoms with Gasteiger partial charge in [-0.25, -0.2) is 0 Å². The zero-order valence-electron chi connectivity index (χ0n) is 16.0. The molecule has 4 rings (SSSR count). The summed E-state index contributed by atoms with van der Waals surface area (Å²) in [6.07, 6.45) is 1.74. The van der Waals surface area contributed by atoms with Gasteiger partial charge in [0, 0.05) is 23.6 Å². The third kappa shape index (κ3) is 4.00. The molecule has 0 spiro atoms. The molecule has 29 heavy (non-hydrogen) atoms. The number of halogens is 1. The van der Waals surface area contributed by atoms with E-state index in [-0.39, 0.29) is 11.7 Å². The summed E-state index contributed by atoms with van der Waals surface area (Å²) >= 11 is 6.07. The quantitative estimate of drug-likeness (QED) is 0.377. The molecule has 5 nitrogen and oxygen atoms in total. The van der Waals surface area contributed by atoms with Crippen molar-refractivity contribution in [2.75, 3.05) is 5.01 Å². The molecule has 0 N–H and O–H groups in total. The van der Waals surface area contributed by atoms with E-state index in [0.29, 0.717) is 5.02 Å². The van der Waals surface area contributed by atoms with Crippen molar-refractivity contribution in [2.24, 2.45) is 5.10 Å². The average Bonchev–Trinajstić information content (AvgIpc) is 3.20. The monoisotopic (exact) mass is 405 g/mol. The van der Waals surface area contributed by atoms with Gasteiger partial charge in [-0.05, 0) is 47.4 Å². The van der Waals surface area contributed by atoms with Gasteiger partial charge in [0.05, 0.1) is 22.4 Å². The first-order valence-corrected chi connectivity index (χ1v) is 9.89. The minimum absolute atomic E-state index is 0.00502. The van der Waals surface area contributed by atoms with E-state index in [4.69, 9.17) is 16.7 Å². The first-order valence-electron chi connectivity index (χ1n) is 9.51. The summed E-state index contributed by atoms with van der Waals surface area (Å²) in [6.45, 7) is 2.13. The van der Waals surface area contributed by atoms with E-state index in [1.165, 1.54) is 17.7 Å². The molecule has 0 saturated carbocycles. The SMILES string of the molecule is CCc1ccc(C2=NN(c3ccc([N+](=O)[O-])cc3)[C@@H](c3ccc(Cl)cc3)C2)cc1. The van der Waals surface area contributed by atoms with Gasteiger partial charge in [0.25, 0.3) is 5.69 Å². The molecular weight excluding hydrogens is 386 g/mol. The van der Waals surface area contributed by atoms with E-state index in [2.05, 4.69) is 31.2 Å². The van der Waals surface area contributed by atoms with Crippen LogP contribution in [-0.4, -0.2) is 10.6 Å². The largest absolute Gasteiger partial charge is 0.269 e. The van der Waals surface area contributed by atoms with Crippen molar-refractivity contribution in [3.05, 3.63) is 105 Å². The molecule has 1 aliphatic rings. The third-order valence-corrected chi connectivity index (χ3v) is 5.44. The number of rotatable bonds is 5. The van der Waals surface area contributed by atoms with E-state index in [1.807, 2.05) is 29.3 Å². The highest BCUT2D eigenvalue weighted by molar-refractivity contribution is 6.30. The highest BCUT2D eigenvalue weighted by Gasteiger charge is 2.30. The van der Waals surface area contributed by atoms with Gasteiger partial charge in [-0.1, -0.05) is 54.9 Å². The van der Waals surface area contributed by atoms with E-state index in [0.717, 1.165) is 35.4 Å². The third-order valence-electron chi connectivity index (χ3n) is 5.19. The molecule has 3 aromatic rings. The summed E-state index contributed by atoms with van der Waals surface area (Å²) < 4.78 is 0. The molecule has 0 fully saturated rings. The van der Waals surface area contributed by atoms with Crippen molar-refractivity contribution in [1.82, 2.24) is 0 Å². The number of anilines is 1. The summed E-state index contributed by atoms with van der Waals surface area (Å²) in [5, 5.41) is 18.5. The molecule has 0 unspecified atom stereocenters. The Hall–Kier alpha value is -3.18. The first-order chi connectivity index (χ1) is 14.0. The van der Waals surface area contributed by atoms with Gasteiger partial charge in [-0.15, -0.1) is 0 Å². The molecule has 3 aromatic carbocycles. The van der Waals surface area contributed by atoms with Crippen LogP contribution in [0.2, 0.25) is 5.02 Å². The Morgan fingerprint density at radius 1 is 1.03 bits per heavy atom. The van der Waals surface area contributed by atoms with E-state index in [9.17, 15) is 10.1 Å². The van der Waals surface area contributed by atoms with Gasteiger partial charge in [-0.2, -0.15) is 5.10 Å². The number of non-ortho nitro benzene ring substituents is 1. The molecule has 0 amide bonds. The number of hydrogen-bond donors (Lipinski definition) is 0. The number of nitro groups is 1. The average molecular weight is 406 g/mol. The maximum absolute atomic E-state index is 11.0. The van der Waals surface area contributed by atoms with Gasteiger partial charge in [0.2, 0.25) is 0 Å². The lowest BCUT2D eigenvalue weighted by atomic mass is 9.97. The Bertz CT molecular complexity index is 1040. The Morgan fingerprint density at radius 3 is 2.28 bits per heavy atom. The molecule has 0 bridgehead atoms. The number of aryl methyl sites for hydroxylation is 1. The molecule has 0 radical (unpaired) electrons. The van der Waals surface area contributed by atoms with Gasteiger partial charge in [-0.3, -0.25) is 15.1 Å². The molecule has 0 saturated heterocycles. The van der Waals surface area contributed by atoms with Crippen molar-refractivity contribution in [2.45, 2.75) is 25.8 Å². The van der Waals surface area contributed by atoms with Crippen molar-refractivity contribution < 1.29 is 4.92 Å². The number of hydrogen-bond acceptors (Lipinski definition) is 4. The van der Waals surface area contributed by atoms with Crippen molar-refractivity contribution in [3.8, 4) is 0 Å². The van der Waals surface area contributed by atoms with Crippen molar-refractivity contribution in [3.63, 3.8) is 0 Å². The summed E-state index contributed by atoms with van der Waals surface area (Å²) in [7, 11) is 0. The van der Waals surface area contributed by atoms with Crippen LogP contribution in [0.3, 0.4) is 0 Å². The molecule has 1 heterocycles. The Balaban J connectivity index is 1.71. The van der Waals surface area contributed by atoms with Crippen LogP contribution in [0.25, 0.3) is 0 Å². The summed E-state index contributed by atoms with van der Waals surface area (Å²) in [5.74, 6) is 0. The topological polar surface area (TPSA) is 58.7 Å². The fraction of sp³-hybridized carbons (Fsp3) is 0.174. The van der Waals surface area contributed by atoms with Crippen LogP contribution in [0.4, 0.5) is 11.4 Å². The van der Waals surface area contributed by atoms with Crippen molar-refractivity contribution >= 4 is 28.7 Å². The van der Waals surface area contributed by atoms with Gasteiger partial charge in [0.1, 0.15) is 0 Å². The number of nitro benzene ring substituents is 1. The smallest absolute Gasteiger partial charge is 0.258 e. The minimum Gasteiger partial charge on any atom is -0.258 e. The van der Waals surface area contributed by atoms with E-state index in [1.54, 1.807) is 12.1 Å². The second-order valence-corrected chi connectivity index (χ2v) is 7.42. The van der Waals surface area contributed by atoms with Gasteiger partial charge in [0.15, 0.2) is 0 Å². The maximum atomic E-state index is 11.0. The van der Waals surface area contributed by atoms with Crippen LogP contribution in [0.1, 0.15) is 36.1 Å². The van der Waals surface area contributed by atoms with Gasteiger partial charge >= 0.3 is 0 Å². The summed E-state index contributed by atoms with van der Waals surface area (Å²) in [6, 6.07) is 22.7. The second kappa shape index (κ2) is 8.05. The maximum Gasteiger partial charge on any atom is 0.269 e. The van der Waals surface area contributed by atoms with E-state index < -0.39 is 4.92 Å². The van der Waals surface area contributed by atoms with Crippen LogP contribution >= 0.6 is 11.6 Å². The predicted molar refractivity (Wildman–Crippen MR) is 117 cm³/mol. The minimum atomic E-state index is -0.394. The van der Waals surface area contributed by atoms with Crippen LogP contribution in [0.5, 0.6) is 0 Å². The lowest BCUT2D eigenvalue weighted by Gasteiger charge is -2.24.